The Morgan fingerprint density at radius 3 is 1.41 bits per heavy atom. The molecule has 4 heteroatoms. The maximum absolute atomic E-state index is 2.61. The first kappa shape index (κ1) is 31.6. The van der Waals surface area contributed by atoms with E-state index in [0.717, 1.165) is 6.42 Å². The van der Waals surface area contributed by atoms with Crippen LogP contribution < -0.4 is 0 Å². The van der Waals surface area contributed by atoms with E-state index in [-0.39, 0.29) is 6.04 Å². The molecular weight excluding hydrogens is 705 g/mol. The van der Waals surface area contributed by atoms with Gasteiger partial charge >= 0.3 is 0 Å². The fraction of sp³-hybridized carbons (Fsp3) is 0.0370. The molecule has 0 amide bonds. The minimum atomic E-state index is 0.124. The van der Waals surface area contributed by atoms with Crippen molar-refractivity contribution in [3.63, 3.8) is 0 Å². The maximum Gasteiger partial charge on any atom is 0.0785 e. The molecule has 1 aliphatic rings. The summed E-state index contributed by atoms with van der Waals surface area (Å²) in [6.07, 6.45) is 8.13. The van der Waals surface area contributed by atoms with Crippen molar-refractivity contribution in [3.05, 3.63) is 200 Å². The van der Waals surface area contributed by atoms with Crippen molar-refractivity contribution < 1.29 is 0 Å². The largest absolute Gasteiger partial charge is 0.331 e. The molecule has 1 atom stereocenters. The van der Waals surface area contributed by atoms with E-state index < -0.39 is 0 Å². The molecule has 0 N–H and O–H groups in total. The van der Waals surface area contributed by atoms with Crippen molar-refractivity contribution in [1.82, 2.24) is 18.3 Å². The molecule has 4 nitrogen and oxygen atoms in total. The lowest BCUT2D eigenvalue weighted by Crippen LogP contribution is -2.10. The Bertz CT molecular complexity index is 3700. The number of nitrogens with zero attached hydrogens (tertiary/aromatic N) is 4. The second kappa shape index (κ2) is 12.0. The smallest absolute Gasteiger partial charge is 0.0785 e. The van der Waals surface area contributed by atoms with E-state index in [9.17, 15) is 0 Å². The van der Waals surface area contributed by atoms with Crippen molar-refractivity contribution in [2.45, 2.75) is 12.5 Å². The average Bonchev–Trinajstić information content (AvgIpc) is 4.01. The Morgan fingerprint density at radius 1 is 0.345 bits per heavy atom. The summed E-state index contributed by atoms with van der Waals surface area (Å²) in [5.74, 6) is 0. The molecule has 12 aromatic rings. The molecule has 4 heterocycles. The zero-order chi connectivity index (χ0) is 37.9. The van der Waals surface area contributed by atoms with Crippen molar-refractivity contribution >= 4 is 92.9 Å². The van der Waals surface area contributed by atoms with Crippen LogP contribution in [-0.4, -0.2) is 18.3 Å². The van der Waals surface area contributed by atoms with Gasteiger partial charge in [-0.2, -0.15) is 0 Å². The lowest BCUT2D eigenvalue weighted by atomic mass is 10.1. The fourth-order valence-electron chi connectivity index (χ4n) is 10.2. The van der Waals surface area contributed by atoms with Crippen LogP contribution in [0.5, 0.6) is 0 Å². The van der Waals surface area contributed by atoms with Crippen LogP contribution in [0.4, 0.5) is 0 Å². The zero-order valence-electron chi connectivity index (χ0n) is 31.6. The maximum atomic E-state index is 2.61. The highest BCUT2D eigenvalue weighted by Crippen LogP contribution is 2.44. The first-order chi connectivity index (χ1) is 28.8. The topological polar surface area (TPSA) is 19.7 Å². The van der Waals surface area contributed by atoms with E-state index in [1.54, 1.807) is 0 Å². The van der Waals surface area contributed by atoms with Gasteiger partial charge in [-0.05, 0) is 73.2 Å². The third-order valence-electron chi connectivity index (χ3n) is 12.6. The van der Waals surface area contributed by atoms with Gasteiger partial charge in [-0.1, -0.05) is 133 Å². The summed E-state index contributed by atoms with van der Waals surface area (Å²) in [6, 6.07) is 66.7. The predicted molar refractivity (Wildman–Crippen MR) is 245 cm³/mol. The molecule has 0 spiro atoms. The van der Waals surface area contributed by atoms with Crippen molar-refractivity contribution in [3.8, 4) is 11.4 Å². The van der Waals surface area contributed by atoms with Crippen LogP contribution in [0.2, 0.25) is 0 Å². The Morgan fingerprint density at radius 2 is 0.810 bits per heavy atom. The average molecular weight is 741 g/mol. The first-order valence-electron chi connectivity index (χ1n) is 20.2. The molecule has 1 aliphatic carbocycles. The Labute approximate surface area is 334 Å². The summed E-state index contributed by atoms with van der Waals surface area (Å²) in [6.45, 7) is 0. The monoisotopic (exact) mass is 740 g/mol. The number of hydrogen-bond donors (Lipinski definition) is 0. The predicted octanol–water partition coefficient (Wildman–Crippen LogP) is 14.1. The van der Waals surface area contributed by atoms with Crippen LogP contribution in [0.1, 0.15) is 12.5 Å². The van der Waals surface area contributed by atoms with Gasteiger partial charge in [-0.15, -0.1) is 0 Å². The van der Waals surface area contributed by atoms with Crippen LogP contribution in [0, 0.1) is 0 Å². The molecule has 0 aliphatic heterocycles. The molecular formula is C54H36N4. The second-order valence-electron chi connectivity index (χ2n) is 15.7. The van der Waals surface area contributed by atoms with Gasteiger partial charge in [0.05, 0.1) is 44.7 Å². The van der Waals surface area contributed by atoms with Crippen LogP contribution in [-0.2, 0) is 0 Å². The summed E-state index contributed by atoms with van der Waals surface area (Å²) in [5, 5.41) is 10.2. The highest BCUT2D eigenvalue weighted by Gasteiger charge is 2.25. The van der Waals surface area contributed by atoms with Gasteiger partial charge < -0.3 is 18.3 Å². The fourth-order valence-corrected chi connectivity index (χ4v) is 10.2. The minimum Gasteiger partial charge on any atom is -0.331 e. The van der Waals surface area contributed by atoms with Crippen molar-refractivity contribution in [2.75, 3.05) is 0 Å². The Hall–Kier alpha value is -7.56. The summed E-state index contributed by atoms with van der Waals surface area (Å²) in [7, 11) is 0. The van der Waals surface area contributed by atoms with Gasteiger partial charge in [0.15, 0.2) is 0 Å². The lowest BCUT2D eigenvalue weighted by molar-refractivity contribution is 0.648. The van der Waals surface area contributed by atoms with E-state index in [0.29, 0.717) is 0 Å². The second-order valence-corrected chi connectivity index (χ2v) is 15.7. The lowest BCUT2D eigenvalue weighted by Gasteiger charge is -2.22. The van der Waals surface area contributed by atoms with Gasteiger partial charge in [0, 0.05) is 65.7 Å². The number of aromatic nitrogens is 4. The molecule has 272 valence electrons. The van der Waals surface area contributed by atoms with Gasteiger partial charge in [0.25, 0.3) is 0 Å². The van der Waals surface area contributed by atoms with Crippen molar-refractivity contribution in [1.29, 1.82) is 0 Å². The molecule has 4 aromatic heterocycles. The summed E-state index contributed by atoms with van der Waals surface area (Å²) < 4.78 is 10.00. The number of fused-ring (bicyclic) bond motifs is 13. The Kier molecular flexibility index (Phi) is 6.53. The minimum absolute atomic E-state index is 0.124. The van der Waals surface area contributed by atoms with Gasteiger partial charge in [0.1, 0.15) is 0 Å². The van der Waals surface area contributed by atoms with E-state index in [4.69, 9.17) is 0 Å². The number of para-hydroxylation sites is 6. The molecule has 58 heavy (non-hydrogen) atoms. The molecule has 8 aromatic carbocycles. The highest BCUT2D eigenvalue weighted by atomic mass is 15.1. The molecule has 0 saturated carbocycles. The van der Waals surface area contributed by atoms with E-state index in [1.165, 1.54) is 104 Å². The highest BCUT2D eigenvalue weighted by molar-refractivity contribution is 6.24. The molecule has 13 rings (SSSR count). The number of allylic oxidation sites excluding steroid dienone is 4. The standard InChI is InChI=1S/C54H36N4/c1-3-15-35(16-4-1)55-47-23-11-9-21-41(47)45-33-46-42-22-10-12-24-48(42)56(52(46)34-51(45)55)37-27-29-38(30-28-37)58-50-26-14-8-20-40(50)44-32-31-43-39-19-7-13-25-49(39)57(53(43)54(44)58)36-17-5-2-6-18-36/h1-29,31-34,38H,30H2. The quantitative estimate of drug-likeness (QED) is 0.171. The van der Waals surface area contributed by atoms with Crippen LogP contribution in [0.25, 0.3) is 104 Å². The van der Waals surface area contributed by atoms with Crippen LogP contribution >= 0.6 is 0 Å². The SMILES string of the molecule is C1=CC(n2c3ccccc3c3ccc4c5ccccc5n(-c5ccccc5)c4c32)CC=C1n1c2ccccc2c2cc3c4ccccc4n(-c4ccccc4)c3cc21. The first-order valence-corrected chi connectivity index (χ1v) is 20.2. The van der Waals surface area contributed by atoms with Crippen molar-refractivity contribution in [2.24, 2.45) is 0 Å². The summed E-state index contributed by atoms with van der Waals surface area (Å²) in [4.78, 5) is 0. The third kappa shape index (κ3) is 4.29. The van der Waals surface area contributed by atoms with E-state index in [1.807, 2.05) is 0 Å². The third-order valence-corrected chi connectivity index (χ3v) is 12.6. The van der Waals surface area contributed by atoms with Gasteiger partial charge in [-0.25, -0.2) is 0 Å². The van der Waals surface area contributed by atoms with Gasteiger partial charge in [0.2, 0.25) is 0 Å². The van der Waals surface area contributed by atoms with Crippen LogP contribution in [0.3, 0.4) is 0 Å². The molecule has 1 unspecified atom stereocenters. The normalized spacial score (nSPS) is 14.7. The van der Waals surface area contributed by atoms with Gasteiger partial charge in [-0.3, -0.25) is 0 Å². The Balaban J connectivity index is 1.03. The number of benzene rings is 8. The zero-order valence-corrected chi connectivity index (χ0v) is 31.6. The molecule has 0 fully saturated rings. The number of hydrogen-bond acceptors (Lipinski definition) is 0. The number of rotatable bonds is 4. The van der Waals surface area contributed by atoms with E-state index >= 15 is 0 Å². The van der Waals surface area contributed by atoms with E-state index in [2.05, 4.69) is 218 Å². The summed E-state index contributed by atoms with van der Waals surface area (Å²) in [5.41, 5.74) is 13.4. The molecule has 0 bridgehead atoms. The molecule has 0 radical (unpaired) electrons. The molecule has 0 saturated heterocycles. The summed E-state index contributed by atoms with van der Waals surface area (Å²) >= 11 is 0. The van der Waals surface area contributed by atoms with Crippen LogP contribution in [0.15, 0.2) is 200 Å².